The summed E-state index contributed by atoms with van der Waals surface area (Å²) in [5, 5.41) is 4.12. The van der Waals surface area contributed by atoms with Gasteiger partial charge in [0.2, 0.25) is 0 Å². The van der Waals surface area contributed by atoms with E-state index in [0.29, 0.717) is 17.9 Å². The molecule has 1 aliphatic rings. The van der Waals surface area contributed by atoms with E-state index in [9.17, 15) is 9.59 Å². The molecule has 2 heterocycles. The highest BCUT2D eigenvalue weighted by molar-refractivity contribution is 5.94. The Balaban J connectivity index is 1.54. The number of likely N-dealkylation sites (tertiary alicyclic amines) is 1. The number of amides is 2. The SMILES string of the molecule is CC1CCCC(C)N1C(=O)COc1ccc(C(=O)N(C)Cc2cnn(C)c2)cc1. The van der Waals surface area contributed by atoms with Gasteiger partial charge in [0.05, 0.1) is 6.20 Å². The van der Waals surface area contributed by atoms with Crippen LogP contribution in [0.3, 0.4) is 0 Å². The first-order valence-corrected chi connectivity index (χ1v) is 10.1. The number of ether oxygens (including phenoxy) is 1. The Bertz CT molecular complexity index is 836. The minimum Gasteiger partial charge on any atom is -0.484 e. The first-order chi connectivity index (χ1) is 13.8. The van der Waals surface area contributed by atoms with E-state index in [0.717, 1.165) is 24.8 Å². The van der Waals surface area contributed by atoms with Gasteiger partial charge in [-0.1, -0.05) is 0 Å². The Morgan fingerprint density at radius 2 is 1.83 bits per heavy atom. The predicted octanol–water partition coefficient (Wildman–Crippen LogP) is 2.86. The van der Waals surface area contributed by atoms with Crippen molar-refractivity contribution in [3.05, 3.63) is 47.8 Å². The van der Waals surface area contributed by atoms with Crippen molar-refractivity contribution in [1.29, 1.82) is 0 Å². The molecule has 7 heteroatoms. The zero-order chi connectivity index (χ0) is 21.0. The summed E-state index contributed by atoms with van der Waals surface area (Å²) in [6.07, 6.45) is 6.89. The van der Waals surface area contributed by atoms with E-state index in [1.165, 1.54) is 0 Å². The third kappa shape index (κ3) is 5.16. The number of carbonyl (C=O) groups excluding carboxylic acids is 2. The van der Waals surface area contributed by atoms with Crippen molar-refractivity contribution in [2.75, 3.05) is 13.7 Å². The molecule has 0 saturated carbocycles. The number of rotatable bonds is 6. The molecule has 0 radical (unpaired) electrons. The molecule has 1 fully saturated rings. The number of hydrogen-bond acceptors (Lipinski definition) is 4. The van der Waals surface area contributed by atoms with E-state index in [1.54, 1.807) is 47.1 Å². The van der Waals surface area contributed by atoms with Gasteiger partial charge < -0.3 is 14.5 Å². The summed E-state index contributed by atoms with van der Waals surface area (Å²) in [6.45, 7) is 4.69. The Hall–Kier alpha value is -2.83. The molecule has 156 valence electrons. The highest BCUT2D eigenvalue weighted by atomic mass is 16.5. The van der Waals surface area contributed by atoms with Gasteiger partial charge in [-0.15, -0.1) is 0 Å². The second-order valence-corrected chi connectivity index (χ2v) is 7.93. The molecule has 2 unspecified atom stereocenters. The summed E-state index contributed by atoms with van der Waals surface area (Å²) < 4.78 is 7.40. The monoisotopic (exact) mass is 398 g/mol. The van der Waals surface area contributed by atoms with Crippen molar-refractivity contribution in [2.24, 2.45) is 7.05 Å². The van der Waals surface area contributed by atoms with Crippen LogP contribution in [0.2, 0.25) is 0 Å². The molecule has 0 spiro atoms. The van der Waals surface area contributed by atoms with Crippen molar-refractivity contribution in [3.63, 3.8) is 0 Å². The molecule has 0 aliphatic carbocycles. The minimum absolute atomic E-state index is 0.0149. The normalized spacial score (nSPS) is 19.1. The van der Waals surface area contributed by atoms with E-state index in [4.69, 9.17) is 4.74 Å². The Labute approximate surface area is 172 Å². The molecule has 1 aromatic heterocycles. The minimum atomic E-state index is -0.0764. The molecule has 0 bridgehead atoms. The summed E-state index contributed by atoms with van der Waals surface area (Å²) in [7, 11) is 3.61. The van der Waals surface area contributed by atoms with Gasteiger partial charge in [-0.3, -0.25) is 14.3 Å². The molecule has 1 aliphatic heterocycles. The molecule has 29 heavy (non-hydrogen) atoms. The summed E-state index contributed by atoms with van der Waals surface area (Å²) >= 11 is 0. The van der Waals surface area contributed by atoms with Crippen LogP contribution in [0.1, 0.15) is 49.0 Å². The van der Waals surface area contributed by atoms with Crippen molar-refractivity contribution in [2.45, 2.75) is 51.7 Å². The van der Waals surface area contributed by atoms with Crippen molar-refractivity contribution in [1.82, 2.24) is 19.6 Å². The predicted molar refractivity (Wildman–Crippen MR) is 111 cm³/mol. The smallest absolute Gasteiger partial charge is 0.260 e. The van der Waals surface area contributed by atoms with E-state index < -0.39 is 0 Å². The molecule has 1 aromatic carbocycles. The molecule has 0 N–H and O–H groups in total. The number of aryl methyl sites for hydroxylation is 1. The van der Waals surface area contributed by atoms with Crippen LogP contribution in [-0.4, -0.2) is 57.1 Å². The molecule has 2 aromatic rings. The lowest BCUT2D eigenvalue weighted by Crippen LogP contribution is -2.49. The average molecular weight is 399 g/mol. The van der Waals surface area contributed by atoms with E-state index in [-0.39, 0.29) is 30.5 Å². The van der Waals surface area contributed by atoms with Gasteiger partial charge in [0.1, 0.15) is 5.75 Å². The van der Waals surface area contributed by atoms with Crippen LogP contribution in [0.5, 0.6) is 5.75 Å². The third-order valence-corrected chi connectivity index (χ3v) is 5.47. The lowest BCUT2D eigenvalue weighted by atomic mass is 9.97. The molecular weight excluding hydrogens is 368 g/mol. The van der Waals surface area contributed by atoms with Crippen molar-refractivity contribution in [3.8, 4) is 5.75 Å². The Morgan fingerprint density at radius 1 is 1.17 bits per heavy atom. The van der Waals surface area contributed by atoms with Gasteiger partial charge in [-0.05, 0) is 57.4 Å². The molecule has 7 nitrogen and oxygen atoms in total. The van der Waals surface area contributed by atoms with Gasteiger partial charge >= 0.3 is 0 Å². The molecule has 2 amide bonds. The molecule has 1 saturated heterocycles. The second-order valence-electron chi connectivity index (χ2n) is 7.93. The van der Waals surface area contributed by atoms with Crippen LogP contribution in [0.4, 0.5) is 0 Å². The summed E-state index contributed by atoms with van der Waals surface area (Å²) in [5.41, 5.74) is 1.55. The molecular formula is C22H30N4O3. The van der Waals surface area contributed by atoms with Crippen LogP contribution in [0.15, 0.2) is 36.7 Å². The van der Waals surface area contributed by atoms with Gasteiger partial charge in [0.15, 0.2) is 6.61 Å². The lowest BCUT2D eigenvalue weighted by molar-refractivity contribution is -0.139. The Morgan fingerprint density at radius 3 is 2.41 bits per heavy atom. The van der Waals surface area contributed by atoms with Crippen LogP contribution in [0.25, 0.3) is 0 Å². The fraction of sp³-hybridized carbons (Fsp3) is 0.500. The fourth-order valence-corrected chi connectivity index (χ4v) is 3.95. The number of carbonyl (C=O) groups is 2. The first kappa shape index (κ1) is 20.9. The Kier molecular flexibility index (Phi) is 6.56. The molecule has 2 atom stereocenters. The van der Waals surface area contributed by atoms with Gasteiger partial charge in [-0.2, -0.15) is 5.10 Å². The zero-order valence-electron chi connectivity index (χ0n) is 17.7. The van der Waals surface area contributed by atoms with E-state index in [2.05, 4.69) is 18.9 Å². The number of hydrogen-bond donors (Lipinski definition) is 0. The van der Waals surface area contributed by atoms with Crippen LogP contribution in [0, 0.1) is 0 Å². The van der Waals surface area contributed by atoms with Crippen molar-refractivity contribution < 1.29 is 14.3 Å². The highest BCUT2D eigenvalue weighted by Crippen LogP contribution is 2.23. The lowest BCUT2D eigenvalue weighted by Gasteiger charge is -2.38. The van der Waals surface area contributed by atoms with Crippen molar-refractivity contribution >= 4 is 11.8 Å². The van der Waals surface area contributed by atoms with Gasteiger partial charge in [0.25, 0.3) is 11.8 Å². The van der Waals surface area contributed by atoms with Gasteiger partial charge in [-0.25, -0.2) is 0 Å². The number of piperidine rings is 1. The standard InChI is InChI=1S/C22H30N4O3/c1-16-6-5-7-17(2)26(16)21(27)15-29-20-10-8-19(9-11-20)22(28)24(3)13-18-12-23-25(4)14-18/h8-12,14,16-17H,5-7,13,15H2,1-4H3. The fourth-order valence-electron chi connectivity index (χ4n) is 3.95. The maximum absolute atomic E-state index is 12.6. The van der Waals surface area contributed by atoms with E-state index >= 15 is 0 Å². The van der Waals surface area contributed by atoms with Crippen LogP contribution >= 0.6 is 0 Å². The highest BCUT2D eigenvalue weighted by Gasteiger charge is 2.29. The van der Waals surface area contributed by atoms with Gasteiger partial charge in [0, 0.05) is 50.0 Å². The largest absolute Gasteiger partial charge is 0.484 e. The first-order valence-electron chi connectivity index (χ1n) is 10.1. The zero-order valence-corrected chi connectivity index (χ0v) is 17.7. The third-order valence-electron chi connectivity index (χ3n) is 5.47. The topological polar surface area (TPSA) is 67.7 Å². The maximum Gasteiger partial charge on any atom is 0.260 e. The summed E-state index contributed by atoms with van der Waals surface area (Å²) in [6, 6.07) is 7.45. The average Bonchev–Trinajstić information content (AvgIpc) is 3.10. The summed E-state index contributed by atoms with van der Waals surface area (Å²) in [5.74, 6) is 0.524. The van der Waals surface area contributed by atoms with Crippen LogP contribution in [-0.2, 0) is 18.4 Å². The molecule has 3 rings (SSSR count). The maximum atomic E-state index is 12.6. The van der Waals surface area contributed by atoms with E-state index in [1.807, 2.05) is 18.1 Å². The number of aromatic nitrogens is 2. The second kappa shape index (κ2) is 9.11. The summed E-state index contributed by atoms with van der Waals surface area (Å²) in [4.78, 5) is 28.8. The quantitative estimate of drug-likeness (QED) is 0.750. The van der Waals surface area contributed by atoms with Crippen LogP contribution < -0.4 is 4.74 Å². The number of benzene rings is 1. The number of nitrogens with zero attached hydrogens (tertiary/aromatic N) is 4.